The number of nitrogens with one attached hydrogen (secondary N) is 1. The van der Waals surface area contributed by atoms with Gasteiger partial charge in [0.2, 0.25) is 10.0 Å². The molecule has 33 heavy (non-hydrogen) atoms. The predicted octanol–water partition coefficient (Wildman–Crippen LogP) is 4.56. The van der Waals surface area contributed by atoms with Crippen molar-refractivity contribution in [3.8, 4) is 0 Å². The summed E-state index contributed by atoms with van der Waals surface area (Å²) in [7, 11) is -7.34. The summed E-state index contributed by atoms with van der Waals surface area (Å²) in [6.07, 6.45) is 1.45. The maximum absolute atomic E-state index is 13.5. The Hall–Kier alpha value is -2.88. The fraction of sp³-hybridized carbons (Fsp3) is 0.174. The predicted molar refractivity (Wildman–Crippen MR) is 130 cm³/mol. The third-order valence-corrected chi connectivity index (χ3v) is 7.73. The number of hydrogen-bond donors (Lipinski definition) is 1. The Labute approximate surface area is 198 Å². The highest BCUT2D eigenvalue weighted by atomic mass is 35.5. The van der Waals surface area contributed by atoms with Crippen LogP contribution in [0.3, 0.4) is 0 Å². The summed E-state index contributed by atoms with van der Waals surface area (Å²) in [5.74, 6) is 0. The molecule has 1 heterocycles. The molecule has 0 fully saturated rings. The van der Waals surface area contributed by atoms with Crippen molar-refractivity contribution < 1.29 is 16.8 Å². The van der Waals surface area contributed by atoms with Gasteiger partial charge in [-0.3, -0.25) is 4.72 Å². The molecule has 0 spiro atoms. The SMILES string of the molecule is Cc1cccc([C@H]2CC(c3ccc(NS(C)(=O)=O)cc3)=NN2S(=O)(=O)c2ccc(Cl)cc2)c1. The molecule has 1 aliphatic rings. The van der Waals surface area contributed by atoms with Crippen LogP contribution in [0.1, 0.15) is 29.2 Å². The first-order valence-corrected chi connectivity index (χ1v) is 13.8. The molecule has 1 N–H and O–H groups in total. The lowest BCUT2D eigenvalue weighted by molar-refractivity contribution is 0.371. The topological polar surface area (TPSA) is 95.9 Å². The van der Waals surface area contributed by atoms with Gasteiger partial charge >= 0.3 is 0 Å². The van der Waals surface area contributed by atoms with Crippen molar-refractivity contribution in [3.05, 3.63) is 94.5 Å². The quantitative estimate of drug-likeness (QED) is 0.533. The van der Waals surface area contributed by atoms with Crippen LogP contribution >= 0.6 is 11.6 Å². The highest BCUT2D eigenvalue weighted by Crippen LogP contribution is 2.37. The third kappa shape index (κ3) is 5.21. The Kier molecular flexibility index (Phi) is 6.22. The van der Waals surface area contributed by atoms with Gasteiger partial charge in [0.25, 0.3) is 10.0 Å². The fourth-order valence-corrected chi connectivity index (χ4v) is 5.79. The molecule has 0 amide bonds. The number of rotatable bonds is 6. The van der Waals surface area contributed by atoms with E-state index < -0.39 is 26.1 Å². The summed E-state index contributed by atoms with van der Waals surface area (Å²) in [5, 5.41) is 4.95. The van der Waals surface area contributed by atoms with Crippen molar-refractivity contribution in [2.24, 2.45) is 5.10 Å². The van der Waals surface area contributed by atoms with Gasteiger partial charge in [0.1, 0.15) is 0 Å². The first-order chi connectivity index (χ1) is 15.5. The van der Waals surface area contributed by atoms with Crippen molar-refractivity contribution in [2.45, 2.75) is 24.3 Å². The molecule has 1 atom stereocenters. The van der Waals surface area contributed by atoms with Crippen LogP contribution < -0.4 is 4.72 Å². The minimum atomic E-state index is -3.94. The smallest absolute Gasteiger partial charge is 0.279 e. The van der Waals surface area contributed by atoms with Crippen LogP contribution in [0.5, 0.6) is 0 Å². The molecule has 0 saturated heterocycles. The van der Waals surface area contributed by atoms with Crippen LogP contribution in [0.15, 0.2) is 82.8 Å². The van der Waals surface area contributed by atoms with E-state index in [2.05, 4.69) is 9.82 Å². The molecular formula is C23H22ClN3O4S2. The maximum atomic E-state index is 13.5. The second-order valence-corrected chi connectivity index (χ2v) is 11.8. The van der Waals surface area contributed by atoms with E-state index in [-0.39, 0.29) is 4.90 Å². The Morgan fingerprint density at radius 3 is 2.24 bits per heavy atom. The molecule has 1 aliphatic heterocycles. The summed E-state index contributed by atoms with van der Waals surface area (Å²) in [5.41, 5.74) is 3.56. The van der Waals surface area contributed by atoms with Crippen molar-refractivity contribution >= 4 is 43.0 Å². The second kappa shape index (κ2) is 8.81. The van der Waals surface area contributed by atoms with Crippen LogP contribution in [0.25, 0.3) is 0 Å². The first kappa shape index (κ1) is 23.3. The largest absolute Gasteiger partial charge is 0.284 e. The van der Waals surface area contributed by atoms with E-state index in [0.717, 1.165) is 21.8 Å². The zero-order valence-electron chi connectivity index (χ0n) is 17.9. The van der Waals surface area contributed by atoms with Gasteiger partial charge in [-0.1, -0.05) is 53.6 Å². The fourth-order valence-electron chi connectivity index (χ4n) is 3.67. The number of halogens is 1. The van der Waals surface area contributed by atoms with Crippen LogP contribution in [-0.2, 0) is 20.0 Å². The van der Waals surface area contributed by atoms with Gasteiger partial charge in [0.05, 0.1) is 22.9 Å². The van der Waals surface area contributed by atoms with E-state index in [0.29, 0.717) is 28.4 Å². The van der Waals surface area contributed by atoms with Gasteiger partial charge in [-0.15, -0.1) is 0 Å². The monoisotopic (exact) mass is 503 g/mol. The Morgan fingerprint density at radius 2 is 1.64 bits per heavy atom. The zero-order chi connectivity index (χ0) is 23.8. The Bertz CT molecular complexity index is 1420. The van der Waals surface area contributed by atoms with E-state index >= 15 is 0 Å². The van der Waals surface area contributed by atoms with Crippen molar-refractivity contribution in [2.75, 3.05) is 11.0 Å². The molecule has 0 radical (unpaired) electrons. The summed E-state index contributed by atoms with van der Waals surface area (Å²) >= 11 is 5.94. The normalized spacial score (nSPS) is 16.5. The molecular weight excluding hydrogens is 482 g/mol. The van der Waals surface area contributed by atoms with E-state index in [4.69, 9.17) is 11.6 Å². The molecule has 0 saturated carbocycles. The van der Waals surface area contributed by atoms with Crippen LogP contribution in [0, 0.1) is 6.92 Å². The van der Waals surface area contributed by atoms with Crippen molar-refractivity contribution in [3.63, 3.8) is 0 Å². The number of benzene rings is 3. The lowest BCUT2D eigenvalue weighted by atomic mass is 9.98. The average molecular weight is 504 g/mol. The lowest BCUT2D eigenvalue weighted by Crippen LogP contribution is -2.27. The second-order valence-electron chi connectivity index (χ2n) is 7.86. The van der Waals surface area contributed by atoms with Crippen LogP contribution in [0.4, 0.5) is 5.69 Å². The van der Waals surface area contributed by atoms with Gasteiger partial charge in [-0.2, -0.15) is 17.9 Å². The summed E-state index contributed by atoms with van der Waals surface area (Å²) in [6, 6.07) is 19.8. The van der Waals surface area contributed by atoms with Crippen molar-refractivity contribution in [1.82, 2.24) is 4.41 Å². The molecule has 172 valence electrons. The number of sulfonamides is 2. The minimum absolute atomic E-state index is 0.0993. The molecule has 4 rings (SSSR count). The number of hydrogen-bond acceptors (Lipinski definition) is 5. The highest BCUT2D eigenvalue weighted by molar-refractivity contribution is 7.92. The molecule has 0 unspecified atom stereocenters. The minimum Gasteiger partial charge on any atom is -0.284 e. The molecule has 3 aromatic carbocycles. The average Bonchev–Trinajstić information content (AvgIpc) is 3.20. The highest BCUT2D eigenvalue weighted by Gasteiger charge is 2.37. The van der Waals surface area contributed by atoms with E-state index in [1.807, 2.05) is 31.2 Å². The van der Waals surface area contributed by atoms with Gasteiger partial charge < -0.3 is 0 Å². The number of aryl methyl sites for hydroxylation is 1. The van der Waals surface area contributed by atoms with Gasteiger partial charge in [-0.25, -0.2) is 8.42 Å². The van der Waals surface area contributed by atoms with Crippen LogP contribution in [0.2, 0.25) is 5.02 Å². The van der Waals surface area contributed by atoms with E-state index in [1.165, 1.54) is 24.3 Å². The van der Waals surface area contributed by atoms with E-state index in [1.54, 1.807) is 24.3 Å². The standard InChI is InChI=1S/C23H22ClN3O4S2/c1-16-4-3-5-18(14-16)23-15-22(17-6-10-20(11-7-17)26-32(2,28)29)25-27(23)33(30,31)21-12-8-19(24)9-13-21/h3-14,23,26H,15H2,1-2H3/t23-/m1/s1. The lowest BCUT2D eigenvalue weighted by Gasteiger charge is -2.23. The number of anilines is 1. The zero-order valence-corrected chi connectivity index (χ0v) is 20.3. The Balaban J connectivity index is 1.74. The maximum Gasteiger partial charge on any atom is 0.279 e. The molecule has 0 aromatic heterocycles. The summed E-state index contributed by atoms with van der Waals surface area (Å²) in [4.78, 5) is 0.0993. The number of nitrogens with zero attached hydrogens (tertiary/aromatic N) is 2. The molecule has 0 bridgehead atoms. The van der Waals surface area contributed by atoms with E-state index in [9.17, 15) is 16.8 Å². The van der Waals surface area contributed by atoms with Gasteiger partial charge in [0, 0.05) is 17.1 Å². The van der Waals surface area contributed by atoms with Gasteiger partial charge in [-0.05, 0) is 54.4 Å². The molecule has 7 nitrogen and oxygen atoms in total. The Morgan fingerprint density at radius 1 is 0.970 bits per heavy atom. The van der Waals surface area contributed by atoms with Gasteiger partial charge in [0.15, 0.2) is 0 Å². The summed E-state index contributed by atoms with van der Waals surface area (Å²) < 4.78 is 53.5. The van der Waals surface area contributed by atoms with Crippen molar-refractivity contribution in [1.29, 1.82) is 0 Å². The van der Waals surface area contributed by atoms with Crippen LogP contribution in [-0.4, -0.2) is 33.2 Å². The third-order valence-electron chi connectivity index (χ3n) is 5.18. The molecule has 0 aliphatic carbocycles. The summed E-state index contributed by atoms with van der Waals surface area (Å²) in [6.45, 7) is 1.95. The first-order valence-electron chi connectivity index (χ1n) is 10.1. The number of hydrazone groups is 1. The molecule has 3 aromatic rings. The molecule has 10 heteroatoms.